The number of hydrogen-bond donors (Lipinski definition) is 0. The summed E-state index contributed by atoms with van der Waals surface area (Å²) in [5.74, 6) is 0. The normalized spacial score (nSPS) is 24.1. The molecule has 1 saturated heterocycles. The van der Waals surface area contributed by atoms with E-state index in [1.165, 1.54) is 0 Å². The summed E-state index contributed by atoms with van der Waals surface area (Å²) in [6.45, 7) is 5.67. The zero-order valence-corrected chi connectivity index (χ0v) is 13.6. The maximum Gasteiger partial charge on any atom is 0.243 e. The molecule has 6 heteroatoms. The van der Waals surface area contributed by atoms with Crippen LogP contribution in [-0.4, -0.2) is 45.1 Å². The number of nitrogens with zero attached hydrogens (tertiary/aromatic N) is 1. The molecule has 1 aliphatic heterocycles. The van der Waals surface area contributed by atoms with Gasteiger partial charge < -0.3 is 9.47 Å². The fourth-order valence-electron chi connectivity index (χ4n) is 2.52. The molecular formula is C15H23NO4S. The zero-order chi connectivity index (χ0) is 15.5. The lowest BCUT2D eigenvalue weighted by molar-refractivity contribution is -0.0186. The highest BCUT2D eigenvalue weighted by atomic mass is 32.2. The summed E-state index contributed by atoms with van der Waals surface area (Å²) in [4.78, 5) is 0.323. The highest BCUT2D eigenvalue weighted by molar-refractivity contribution is 7.89. The number of ether oxygens (including phenoxy) is 2. The van der Waals surface area contributed by atoms with E-state index in [0.29, 0.717) is 37.7 Å². The Labute approximate surface area is 126 Å². The minimum absolute atomic E-state index is 0.323. The third-order valence-corrected chi connectivity index (χ3v) is 6.11. The molecule has 1 unspecified atom stereocenters. The first-order valence-electron chi connectivity index (χ1n) is 7.12. The molecule has 1 aromatic rings. The molecule has 0 spiro atoms. The van der Waals surface area contributed by atoms with Crippen molar-refractivity contribution >= 4 is 10.0 Å². The highest BCUT2D eigenvalue weighted by Crippen LogP contribution is 2.30. The Morgan fingerprint density at radius 2 is 2.00 bits per heavy atom. The van der Waals surface area contributed by atoms with E-state index in [4.69, 9.17) is 9.47 Å². The molecule has 1 atom stereocenters. The third-order valence-electron chi connectivity index (χ3n) is 4.04. The Morgan fingerprint density at radius 1 is 1.33 bits per heavy atom. The van der Waals surface area contributed by atoms with E-state index in [1.54, 1.807) is 35.7 Å². The molecule has 1 aliphatic rings. The summed E-state index contributed by atoms with van der Waals surface area (Å²) in [6.07, 6.45) is 0.716. The fraction of sp³-hybridized carbons (Fsp3) is 0.600. The molecule has 1 aromatic carbocycles. The van der Waals surface area contributed by atoms with Crippen LogP contribution >= 0.6 is 0 Å². The van der Waals surface area contributed by atoms with Crippen LogP contribution in [0, 0.1) is 0 Å². The van der Waals surface area contributed by atoms with Crippen LogP contribution in [0.25, 0.3) is 0 Å². The van der Waals surface area contributed by atoms with Gasteiger partial charge in [-0.2, -0.15) is 4.31 Å². The molecule has 0 aliphatic carbocycles. The van der Waals surface area contributed by atoms with E-state index in [0.717, 1.165) is 5.56 Å². The lowest BCUT2D eigenvalue weighted by Crippen LogP contribution is -2.56. The Kier molecular flexibility index (Phi) is 5.03. The smallest absolute Gasteiger partial charge is 0.243 e. The minimum atomic E-state index is -3.50. The maximum atomic E-state index is 12.9. The number of hydrogen-bond acceptors (Lipinski definition) is 4. The second kappa shape index (κ2) is 6.44. The minimum Gasteiger partial charge on any atom is -0.380 e. The van der Waals surface area contributed by atoms with Gasteiger partial charge in [0, 0.05) is 13.7 Å². The summed E-state index contributed by atoms with van der Waals surface area (Å²) in [5.41, 5.74) is 0.471. The predicted molar refractivity (Wildman–Crippen MR) is 80.6 cm³/mol. The van der Waals surface area contributed by atoms with Gasteiger partial charge in [-0.1, -0.05) is 19.1 Å². The van der Waals surface area contributed by atoms with Crippen LogP contribution in [0.3, 0.4) is 0 Å². The van der Waals surface area contributed by atoms with Crippen LogP contribution in [0.2, 0.25) is 0 Å². The molecule has 21 heavy (non-hydrogen) atoms. The topological polar surface area (TPSA) is 55.8 Å². The molecule has 1 heterocycles. The summed E-state index contributed by atoms with van der Waals surface area (Å²) >= 11 is 0. The van der Waals surface area contributed by atoms with Crippen molar-refractivity contribution in [2.45, 2.75) is 37.3 Å². The molecule has 0 aromatic heterocycles. The largest absolute Gasteiger partial charge is 0.380 e. The molecule has 0 saturated carbocycles. The van der Waals surface area contributed by atoms with Crippen molar-refractivity contribution in [1.29, 1.82) is 0 Å². The number of benzene rings is 1. The van der Waals surface area contributed by atoms with Gasteiger partial charge in [-0.3, -0.25) is 0 Å². The first-order valence-corrected chi connectivity index (χ1v) is 8.56. The van der Waals surface area contributed by atoms with E-state index in [-0.39, 0.29) is 0 Å². The van der Waals surface area contributed by atoms with Gasteiger partial charge in [-0.05, 0) is 31.0 Å². The van der Waals surface area contributed by atoms with E-state index < -0.39 is 15.6 Å². The maximum absolute atomic E-state index is 12.9. The summed E-state index contributed by atoms with van der Waals surface area (Å²) < 4.78 is 37.8. The van der Waals surface area contributed by atoms with Crippen molar-refractivity contribution in [3.05, 3.63) is 29.8 Å². The van der Waals surface area contributed by atoms with Crippen LogP contribution in [0.5, 0.6) is 0 Å². The molecular weight excluding hydrogens is 290 g/mol. The summed E-state index contributed by atoms with van der Waals surface area (Å²) in [7, 11) is -1.88. The second-order valence-electron chi connectivity index (χ2n) is 5.56. The number of rotatable bonds is 5. The molecule has 0 N–H and O–H groups in total. The molecule has 1 fully saturated rings. The summed E-state index contributed by atoms with van der Waals surface area (Å²) in [6, 6.07) is 6.88. The van der Waals surface area contributed by atoms with Gasteiger partial charge in [0.1, 0.15) is 0 Å². The van der Waals surface area contributed by atoms with Gasteiger partial charge in [-0.25, -0.2) is 8.42 Å². The van der Waals surface area contributed by atoms with Crippen molar-refractivity contribution in [3.8, 4) is 0 Å². The molecule has 5 nitrogen and oxygen atoms in total. The SMILES string of the molecule is CCC1(C)COCCN1S(=O)(=O)c1ccc(COC)cc1. The predicted octanol–water partition coefficient (Wildman–Crippen LogP) is 2.02. The monoisotopic (exact) mass is 313 g/mol. The van der Waals surface area contributed by atoms with Crippen LogP contribution in [0.1, 0.15) is 25.8 Å². The van der Waals surface area contributed by atoms with Crippen molar-refractivity contribution in [2.24, 2.45) is 0 Å². The standard InChI is InChI=1S/C15H23NO4S/c1-4-15(2)12-20-10-9-16(15)21(17,18)14-7-5-13(6-8-14)11-19-3/h5-8H,4,9-12H2,1-3H3. The average molecular weight is 313 g/mol. The molecule has 2 rings (SSSR count). The molecule has 118 valence electrons. The van der Waals surface area contributed by atoms with Gasteiger partial charge in [0.25, 0.3) is 0 Å². The van der Waals surface area contributed by atoms with Crippen molar-refractivity contribution in [2.75, 3.05) is 26.9 Å². The van der Waals surface area contributed by atoms with Crippen LogP contribution < -0.4 is 0 Å². The number of methoxy groups -OCH3 is 1. The third kappa shape index (κ3) is 3.29. The Hall–Kier alpha value is -0.950. The van der Waals surface area contributed by atoms with E-state index >= 15 is 0 Å². The van der Waals surface area contributed by atoms with E-state index in [9.17, 15) is 8.42 Å². The second-order valence-corrected chi connectivity index (χ2v) is 7.42. The quantitative estimate of drug-likeness (QED) is 0.834. The molecule has 0 radical (unpaired) electrons. The van der Waals surface area contributed by atoms with E-state index in [2.05, 4.69) is 0 Å². The van der Waals surface area contributed by atoms with Gasteiger partial charge in [0.2, 0.25) is 10.0 Å². The zero-order valence-electron chi connectivity index (χ0n) is 12.8. The van der Waals surface area contributed by atoms with Gasteiger partial charge in [0.05, 0.1) is 30.3 Å². The number of morpholine rings is 1. The fourth-order valence-corrected chi connectivity index (χ4v) is 4.33. The average Bonchev–Trinajstić information content (AvgIpc) is 2.48. The van der Waals surface area contributed by atoms with Gasteiger partial charge in [0.15, 0.2) is 0 Å². The summed E-state index contributed by atoms with van der Waals surface area (Å²) in [5, 5.41) is 0. The lowest BCUT2D eigenvalue weighted by atomic mass is 9.99. The van der Waals surface area contributed by atoms with Crippen LogP contribution in [0.4, 0.5) is 0 Å². The van der Waals surface area contributed by atoms with E-state index in [1.807, 2.05) is 13.8 Å². The van der Waals surface area contributed by atoms with Crippen molar-refractivity contribution in [3.63, 3.8) is 0 Å². The number of sulfonamides is 1. The van der Waals surface area contributed by atoms with Crippen molar-refractivity contribution < 1.29 is 17.9 Å². The van der Waals surface area contributed by atoms with Crippen LogP contribution in [-0.2, 0) is 26.1 Å². The lowest BCUT2D eigenvalue weighted by Gasteiger charge is -2.42. The molecule has 0 bridgehead atoms. The van der Waals surface area contributed by atoms with Gasteiger partial charge >= 0.3 is 0 Å². The Bertz CT molecular complexity index is 570. The highest BCUT2D eigenvalue weighted by Gasteiger charge is 2.41. The Balaban J connectivity index is 2.31. The van der Waals surface area contributed by atoms with Crippen LogP contribution in [0.15, 0.2) is 29.2 Å². The first kappa shape index (κ1) is 16.4. The Morgan fingerprint density at radius 3 is 2.57 bits per heavy atom. The first-order chi connectivity index (χ1) is 9.94. The van der Waals surface area contributed by atoms with Gasteiger partial charge in [-0.15, -0.1) is 0 Å². The van der Waals surface area contributed by atoms with Crippen molar-refractivity contribution in [1.82, 2.24) is 4.31 Å². The molecule has 0 amide bonds.